The van der Waals surface area contributed by atoms with Gasteiger partial charge < -0.3 is 15.3 Å². The number of amides is 2. The van der Waals surface area contributed by atoms with Gasteiger partial charge in [-0.15, -0.1) is 0 Å². The highest BCUT2D eigenvalue weighted by Gasteiger charge is 2.35. The lowest BCUT2D eigenvalue weighted by atomic mass is 9.82. The van der Waals surface area contributed by atoms with E-state index in [2.05, 4.69) is 19.2 Å². The second kappa shape index (κ2) is 5.39. The van der Waals surface area contributed by atoms with Crippen LogP contribution in [0.2, 0.25) is 0 Å². The fourth-order valence-corrected chi connectivity index (χ4v) is 3.25. The van der Waals surface area contributed by atoms with Crippen molar-refractivity contribution in [2.24, 2.45) is 17.3 Å². The quantitative estimate of drug-likeness (QED) is 0.821. The normalized spacial score (nSPS) is 29.5. The molecule has 2 rings (SSSR count). The van der Waals surface area contributed by atoms with Crippen LogP contribution in [-0.4, -0.2) is 41.6 Å². The van der Waals surface area contributed by atoms with Crippen LogP contribution in [0.25, 0.3) is 0 Å². The van der Waals surface area contributed by atoms with E-state index in [1.807, 2.05) is 0 Å². The molecule has 1 aliphatic carbocycles. The number of aliphatic carboxylic acids is 1. The minimum absolute atomic E-state index is 0.105. The first kappa shape index (κ1) is 14.2. The van der Waals surface area contributed by atoms with Crippen LogP contribution in [0.15, 0.2) is 0 Å². The van der Waals surface area contributed by atoms with E-state index < -0.39 is 11.9 Å². The lowest BCUT2D eigenvalue weighted by Gasteiger charge is -2.28. The second-order valence-corrected chi connectivity index (χ2v) is 6.53. The van der Waals surface area contributed by atoms with E-state index in [4.69, 9.17) is 5.11 Å². The van der Waals surface area contributed by atoms with Crippen LogP contribution in [0, 0.1) is 17.3 Å². The van der Waals surface area contributed by atoms with Crippen molar-refractivity contribution in [3.05, 3.63) is 0 Å². The van der Waals surface area contributed by atoms with Gasteiger partial charge in [0.05, 0.1) is 5.92 Å². The van der Waals surface area contributed by atoms with E-state index in [1.54, 1.807) is 4.90 Å². The van der Waals surface area contributed by atoms with Gasteiger partial charge in [0.25, 0.3) is 0 Å². The van der Waals surface area contributed by atoms with Gasteiger partial charge in [0.1, 0.15) is 0 Å². The summed E-state index contributed by atoms with van der Waals surface area (Å²) < 4.78 is 0. The Morgan fingerprint density at radius 3 is 2.63 bits per heavy atom. The van der Waals surface area contributed by atoms with E-state index in [0.29, 0.717) is 37.4 Å². The molecule has 2 aliphatic rings. The van der Waals surface area contributed by atoms with Crippen molar-refractivity contribution < 1.29 is 14.7 Å². The molecule has 0 aromatic heterocycles. The van der Waals surface area contributed by atoms with Gasteiger partial charge in [-0.2, -0.15) is 0 Å². The molecule has 1 aliphatic heterocycles. The molecule has 1 saturated carbocycles. The Balaban J connectivity index is 1.78. The van der Waals surface area contributed by atoms with Crippen molar-refractivity contribution >= 4 is 12.0 Å². The summed E-state index contributed by atoms with van der Waals surface area (Å²) in [5, 5.41) is 11.9. The predicted molar refractivity (Wildman–Crippen MR) is 71.8 cm³/mol. The van der Waals surface area contributed by atoms with Gasteiger partial charge in [-0.25, -0.2) is 4.79 Å². The largest absolute Gasteiger partial charge is 0.481 e. The lowest BCUT2D eigenvalue weighted by molar-refractivity contribution is -0.141. The summed E-state index contributed by atoms with van der Waals surface area (Å²) in [6, 6.07) is -0.105. The first-order chi connectivity index (χ1) is 8.90. The number of hydrogen-bond donors (Lipinski definition) is 2. The number of urea groups is 1. The van der Waals surface area contributed by atoms with Gasteiger partial charge in [0, 0.05) is 19.6 Å². The van der Waals surface area contributed by atoms with E-state index >= 15 is 0 Å². The summed E-state index contributed by atoms with van der Waals surface area (Å²) in [5.74, 6) is -0.657. The van der Waals surface area contributed by atoms with Crippen molar-refractivity contribution in [3.8, 4) is 0 Å². The minimum Gasteiger partial charge on any atom is -0.481 e. The molecule has 19 heavy (non-hydrogen) atoms. The maximum Gasteiger partial charge on any atom is 0.317 e. The molecule has 2 amide bonds. The van der Waals surface area contributed by atoms with Crippen LogP contribution >= 0.6 is 0 Å². The van der Waals surface area contributed by atoms with Crippen molar-refractivity contribution in [2.75, 3.05) is 19.6 Å². The number of carboxylic acid groups (broad SMARTS) is 1. The summed E-state index contributed by atoms with van der Waals surface area (Å²) in [6.07, 6.45) is 4.19. The van der Waals surface area contributed by atoms with Gasteiger partial charge in [-0.05, 0) is 30.6 Å². The maximum absolute atomic E-state index is 12.0. The zero-order valence-electron chi connectivity index (χ0n) is 11.8. The summed E-state index contributed by atoms with van der Waals surface area (Å²) in [5.41, 5.74) is 0.307. The third-order valence-electron chi connectivity index (χ3n) is 4.80. The zero-order valence-corrected chi connectivity index (χ0v) is 11.8. The highest BCUT2D eigenvalue weighted by atomic mass is 16.4. The molecule has 2 unspecified atom stereocenters. The van der Waals surface area contributed by atoms with Crippen LogP contribution in [0.4, 0.5) is 4.79 Å². The van der Waals surface area contributed by atoms with E-state index in [9.17, 15) is 9.59 Å². The number of carbonyl (C=O) groups excluding carboxylic acids is 1. The van der Waals surface area contributed by atoms with Crippen LogP contribution in [0.5, 0.6) is 0 Å². The molecule has 5 heteroatoms. The number of carbonyl (C=O) groups is 2. The van der Waals surface area contributed by atoms with E-state index in [1.165, 1.54) is 19.3 Å². The highest BCUT2D eigenvalue weighted by molar-refractivity contribution is 5.77. The lowest BCUT2D eigenvalue weighted by Crippen LogP contribution is -2.42. The Morgan fingerprint density at radius 2 is 2.11 bits per heavy atom. The van der Waals surface area contributed by atoms with Gasteiger partial charge in [-0.1, -0.05) is 20.3 Å². The van der Waals surface area contributed by atoms with Gasteiger partial charge >= 0.3 is 12.0 Å². The molecule has 0 aromatic carbocycles. The average molecular weight is 268 g/mol. The first-order valence-electron chi connectivity index (χ1n) is 7.16. The molecule has 0 spiro atoms. The number of rotatable bonds is 3. The van der Waals surface area contributed by atoms with Gasteiger partial charge in [-0.3, -0.25) is 4.79 Å². The molecule has 1 saturated heterocycles. The maximum atomic E-state index is 12.0. The summed E-state index contributed by atoms with van der Waals surface area (Å²) in [7, 11) is 0. The molecule has 1 heterocycles. The zero-order chi connectivity index (χ0) is 14.0. The van der Waals surface area contributed by atoms with Crippen LogP contribution in [0.1, 0.15) is 39.5 Å². The molecule has 2 atom stereocenters. The fourth-order valence-electron chi connectivity index (χ4n) is 3.25. The average Bonchev–Trinajstić information content (AvgIpc) is 2.92. The number of hydrogen-bond acceptors (Lipinski definition) is 2. The SMILES string of the molecule is CC1(C)CCCC1CNC(=O)N1CCC(C(=O)O)C1. The summed E-state index contributed by atoms with van der Waals surface area (Å²) in [4.78, 5) is 24.5. The second-order valence-electron chi connectivity index (χ2n) is 6.53. The third-order valence-corrected chi connectivity index (χ3v) is 4.80. The van der Waals surface area contributed by atoms with Crippen molar-refractivity contribution in [2.45, 2.75) is 39.5 Å². The Bertz CT molecular complexity index is 368. The molecule has 0 radical (unpaired) electrons. The topological polar surface area (TPSA) is 69.6 Å². The molecule has 108 valence electrons. The molecule has 5 nitrogen and oxygen atoms in total. The smallest absolute Gasteiger partial charge is 0.317 e. The predicted octanol–water partition coefficient (Wildman–Crippen LogP) is 1.93. The fraction of sp³-hybridized carbons (Fsp3) is 0.857. The molecular weight excluding hydrogens is 244 g/mol. The molecule has 2 fully saturated rings. The van der Waals surface area contributed by atoms with Crippen LogP contribution in [-0.2, 0) is 4.79 Å². The van der Waals surface area contributed by atoms with Crippen molar-refractivity contribution in [1.29, 1.82) is 0 Å². The first-order valence-corrected chi connectivity index (χ1v) is 7.16. The third kappa shape index (κ3) is 3.19. The summed E-state index contributed by atoms with van der Waals surface area (Å²) in [6.45, 7) is 6.12. The van der Waals surface area contributed by atoms with Gasteiger partial charge in [0.15, 0.2) is 0 Å². The Morgan fingerprint density at radius 1 is 1.37 bits per heavy atom. The van der Waals surface area contributed by atoms with E-state index in [-0.39, 0.29) is 6.03 Å². The van der Waals surface area contributed by atoms with Crippen LogP contribution in [0.3, 0.4) is 0 Å². The molecule has 0 bridgehead atoms. The Hall–Kier alpha value is -1.26. The summed E-state index contributed by atoms with van der Waals surface area (Å²) >= 11 is 0. The van der Waals surface area contributed by atoms with E-state index in [0.717, 1.165) is 0 Å². The number of nitrogens with zero attached hydrogens (tertiary/aromatic N) is 1. The minimum atomic E-state index is -0.799. The van der Waals surface area contributed by atoms with Crippen LogP contribution < -0.4 is 5.32 Å². The molecule has 0 aromatic rings. The Kier molecular flexibility index (Phi) is 4.02. The van der Waals surface area contributed by atoms with Crippen molar-refractivity contribution in [3.63, 3.8) is 0 Å². The number of carboxylic acids is 1. The molecule has 2 N–H and O–H groups in total. The van der Waals surface area contributed by atoms with Gasteiger partial charge in [0.2, 0.25) is 0 Å². The number of nitrogens with one attached hydrogen (secondary N) is 1. The highest BCUT2D eigenvalue weighted by Crippen LogP contribution is 2.42. The Labute approximate surface area is 114 Å². The number of likely N-dealkylation sites (tertiary alicyclic amines) is 1. The molecular formula is C14H24N2O3. The standard InChI is InChI=1S/C14H24N2O3/c1-14(2)6-3-4-11(14)8-15-13(19)16-7-5-10(9-16)12(17)18/h10-11H,3-9H2,1-2H3,(H,15,19)(H,17,18). The van der Waals surface area contributed by atoms with Crippen molar-refractivity contribution in [1.82, 2.24) is 10.2 Å². The monoisotopic (exact) mass is 268 g/mol.